The molecular weight excluding hydrogens is 264 g/mol. The van der Waals surface area contributed by atoms with E-state index in [2.05, 4.69) is 10.2 Å². The lowest BCUT2D eigenvalue weighted by atomic mass is 10.3. The molecule has 0 bridgehead atoms. The number of nitrogens with zero attached hydrogens (tertiary/aromatic N) is 2. The molecule has 1 aromatic carbocycles. The van der Waals surface area contributed by atoms with E-state index in [1.165, 1.54) is 11.3 Å². The Morgan fingerprint density at radius 3 is 2.81 bits per heavy atom. The molecule has 84 valence electrons. The molecule has 2 rings (SSSR count). The average molecular weight is 273 g/mol. The molecule has 0 radical (unpaired) electrons. The van der Waals surface area contributed by atoms with Crippen molar-refractivity contribution in [3.8, 4) is 5.75 Å². The molecule has 0 fully saturated rings. The van der Waals surface area contributed by atoms with Crippen LogP contribution in [0.2, 0.25) is 5.02 Å². The first kappa shape index (κ1) is 11.7. The zero-order valence-electron chi connectivity index (χ0n) is 8.30. The summed E-state index contributed by atoms with van der Waals surface area (Å²) in [5.74, 6) is 1.69. The van der Waals surface area contributed by atoms with E-state index in [1.807, 2.05) is 24.3 Å². The van der Waals surface area contributed by atoms with Crippen LogP contribution in [0.4, 0.5) is 0 Å². The van der Waals surface area contributed by atoms with E-state index in [-0.39, 0.29) is 0 Å². The van der Waals surface area contributed by atoms with Gasteiger partial charge in [0.25, 0.3) is 0 Å². The van der Waals surface area contributed by atoms with Crippen molar-refractivity contribution in [2.75, 3.05) is 12.4 Å². The van der Waals surface area contributed by atoms with Gasteiger partial charge in [-0.25, -0.2) is 0 Å². The minimum Gasteiger partial charge on any atom is -0.493 e. The van der Waals surface area contributed by atoms with E-state index >= 15 is 0 Å². The third-order valence-corrected chi connectivity index (χ3v) is 3.81. The second kappa shape index (κ2) is 6.08. The lowest BCUT2D eigenvalue weighted by Gasteiger charge is -2.04. The van der Waals surface area contributed by atoms with Crippen LogP contribution >= 0.6 is 34.7 Å². The zero-order valence-corrected chi connectivity index (χ0v) is 10.7. The van der Waals surface area contributed by atoms with E-state index in [1.54, 1.807) is 17.3 Å². The van der Waals surface area contributed by atoms with Crippen LogP contribution in [0.1, 0.15) is 0 Å². The molecule has 0 aliphatic carbocycles. The van der Waals surface area contributed by atoms with Crippen molar-refractivity contribution in [3.05, 3.63) is 34.8 Å². The molecule has 0 aliphatic heterocycles. The van der Waals surface area contributed by atoms with Crippen molar-refractivity contribution in [2.45, 2.75) is 4.34 Å². The highest BCUT2D eigenvalue weighted by molar-refractivity contribution is 8.01. The number of aromatic nitrogens is 2. The van der Waals surface area contributed by atoms with Gasteiger partial charge in [-0.05, 0) is 24.3 Å². The number of rotatable bonds is 5. The minimum absolute atomic E-state index is 0.645. The SMILES string of the molecule is Clc1ccc(OCCSc2nncs2)cc1. The summed E-state index contributed by atoms with van der Waals surface area (Å²) in [5, 5.41) is 8.41. The van der Waals surface area contributed by atoms with Crippen LogP contribution in [0.25, 0.3) is 0 Å². The van der Waals surface area contributed by atoms with E-state index in [0.717, 1.165) is 20.9 Å². The van der Waals surface area contributed by atoms with Crippen molar-refractivity contribution in [1.29, 1.82) is 0 Å². The molecule has 0 aliphatic rings. The zero-order chi connectivity index (χ0) is 11.2. The standard InChI is InChI=1S/C10H9ClN2OS2/c11-8-1-3-9(4-2-8)14-5-6-15-10-13-12-7-16-10/h1-4,7H,5-6H2. The topological polar surface area (TPSA) is 35.0 Å². The summed E-state index contributed by atoms with van der Waals surface area (Å²) in [6.07, 6.45) is 0. The van der Waals surface area contributed by atoms with Crippen molar-refractivity contribution >= 4 is 34.7 Å². The highest BCUT2D eigenvalue weighted by Crippen LogP contribution is 2.19. The lowest BCUT2D eigenvalue weighted by molar-refractivity contribution is 0.344. The van der Waals surface area contributed by atoms with Gasteiger partial charge in [0.2, 0.25) is 0 Å². The Hall–Kier alpha value is -0.780. The quantitative estimate of drug-likeness (QED) is 0.618. The summed E-state index contributed by atoms with van der Waals surface area (Å²) in [5.41, 5.74) is 1.72. The fourth-order valence-corrected chi connectivity index (χ4v) is 2.55. The molecule has 2 aromatic rings. The second-order valence-electron chi connectivity index (χ2n) is 2.86. The van der Waals surface area contributed by atoms with E-state index in [9.17, 15) is 0 Å². The largest absolute Gasteiger partial charge is 0.493 e. The highest BCUT2D eigenvalue weighted by atomic mass is 35.5. The average Bonchev–Trinajstić information content (AvgIpc) is 2.80. The maximum atomic E-state index is 5.77. The minimum atomic E-state index is 0.645. The van der Waals surface area contributed by atoms with Crippen LogP contribution in [-0.4, -0.2) is 22.6 Å². The van der Waals surface area contributed by atoms with Crippen LogP contribution in [0.15, 0.2) is 34.1 Å². The second-order valence-corrected chi connectivity index (χ2v) is 5.47. The molecule has 16 heavy (non-hydrogen) atoms. The Morgan fingerprint density at radius 2 is 2.12 bits per heavy atom. The van der Waals surface area contributed by atoms with Gasteiger partial charge in [0.05, 0.1) is 6.61 Å². The maximum absolute atomic E-state index is 5.77. The van der Waals surface area contributed by atoms with Gasteiger partial charge in [-0.3, -0.25) is 0 Å². The third kappa shape index (κ3) is 3.66. The van der Waals surface area contributed by atoms with Gasteiger partial charge in [0.15, 0.2) is 4.34 Å². The molecule has 0 saturated heterocycles. The first-order valence-corrected chi connectivity index (χ1v) is 6.86. The predicted molar refractivity (Wildman–Crippen MR) is 67.6 cm³/mol. The summed E-state index contributed by atoms with van der Waals surface area (Å²) in [6.45, 7) is 0.645. The smallest absolute Gasteiger partial charge is 0.174 e. The van der Waals surface area contributed by atoms with Crippen LogP contribution in [0, 0.1) is 0 Å². The Balaban J connectivity index is 1.70. The van der Waals surface area contributed by atoms with E-state index in [0.29, 0.717) is 6.61 Å². The van der Waals surface area contributed by atoms with Gasteiger partial charge >= 0.3 is 0 Å². The summed E-state index contributed by atoms with van der Waals surface area (Å²) < 4.78 is 6.51. The molecule has 0 amide bonds. The summed E-state index contributed by atoms with van der Waals surface area (Å²) >= 11 is 8.95. The van der Waals surface area contributed by atoms with Gasteiger partial charge in [0.1, 0.15) is 11.3 Å². The molecule has 0 spiro atoms. The highest BCUT2D eigenvalue weighted by Gasteiger charge is 1.98. The third-order valence-electron chi connectivity index (χ3n) is 1.73. The summed E-state index contributed by atoms with van der Waals surface area (Å²) in [7, 11) is 0. The molecule has 1 aromatic heterocycles. The predicted octanol–water partition coefficient (Wildman–Crippen LogP) is 3.36. The molecule has 0 atom stereocenters. The molecular formula is C10H9ClN2OS2. The number of hydrogen-bond acceptors (Lipinski definition) is 5. The Labute approximate surface area is 107 Å². The number of halogens is 1. The van der Waals surface area contributed by atoms with E-state index in [4.69, 9.17) is 16.3 Å². The maximum Gasteiger partial charge on any atom is 0.174 e. The first-order valence-electron chi connectivity index (χ1n) is 4.62. The van der Waals surface area contributed by atoms with Crippen LogP contribution in [0.3, 0.4) is 0 Å². The van der Waals surface area contributed by atoms with Gasteiger partial charge in [-0.15, -0.1) is 10.2 Å². The normalized spacial score (nSPS) is 10.3. The molecule has 0 unspecified atom stereocenters. The monoisotopic (exact) mass is 272 g/mol. The Bertz CT molecular complexity index is 419. The first-order chi connectivity index (χ1) is 7.84. The van der Waals surface area contributed by atoms with Gasteiger partial charge in [0, 0.05) is 10.8 Å². The van der Waals surface area contributed by atoms with Crippen molar-refractivity contribution < 1.29 is 4.74 Å². The van der Waals surface area contributed by atoms with Crippen LogP contribution < -0.4 is 4.74 Å². The summed E-state index contributed by atoms with van der Waals surface area (Å²) in [4.78, 5) is 0. The number of thioether (sulfide) groups is 1. The molecule has 3 nitrogen and oxygen atoms in total. The van der Waals surface area contributed by atoms with Crippen molar-refractivity contribution in [2.24, 2.45) is 0 Å². The van der Waals surface area contributed by atoms with Gasteiger partial charge in [-0.1, -0.05) is 34.7 Å². The van der Waals surface area contributed by atoms with Gasteiger partial charge < -0.3 is 4.74 Å². The molecule has 0 N–H and O–H groups in total. The fourth-order valence-electron chi connectivity index (χ4n) is 1.05. The Kier molecular flexibility index (Phi) is 4.44. The van der Waals surface area contributed by atoms with Crippen molar-refractivity contribution in [3.63, 3.8) is 0 Å². The number of ether oxygens (including phenoxy) is 1. The number of benzene rings is 1. The number of hydrogen-bond donors (Lipinski definition) is 0. The molecule has 6 heteroatoms. The molecule has 1 heterocycles. The molecule has 0 saturated carbocycles. The Morgan fingerprint density at radius 1 is 1.31 bits per heavy atom. The van der Waals surface area contributed by atoms with E-state index < -0.39 is 0 Å². The van der Waals surface area contributed by atoms with Gasteiger partial charge in [-0.2, -0.15) is 0 Å². The summed E-state index contributed by atoms with van der Waals surface area (Å²) in [6, 6.07) is 7.35. The van der Waals surface area contributed by atoms with Crippen LogP contribution in [0.5, 0.6) is 5.75 Å². The van der Waals surface area contributed by atoms with Crippen molar-refractivity contribution in [1.82, 2.24) is 10.2 Å². The van der Waals surface area contributed by atoms with Crippen LogP contribution in [-0.2, 0) is 0 Å². The fraction of sp³-hybridized carbons (Fsp3) is 0.200. The lowest BCUT2D eigenvalue weighted by Crippen LogP contribution is -1.99.